The molecule has 4 N–H and O–H groups in total. The highest BCUT2D eigenvalue weighted by Gasteiger charge is 2.38. The van der Waals surface area contributed by atoms with Gasteiger partial charge in [-0.25, -0.2) is 9.18 Å². The minimum atomic E-state index is -5.08. The molecule has 0 spiro atoms. The molecule has 9 nitrogen and oxygen atoms in total. The van der Waals surface area contributed by atoms with Crippen LogP contribution in [0, 0.1) is 0 Å². The first-order valence-electron chi connectivity index (χ1n) is 10.6. The second-order valence-electron chi connectivity index (χ2n) is 7.52. The van der Waals surface area contributed by atoms with Crippen molar-refractivity contribution in [3.05, 3.63) is 48.5 Å². The number of aromatic hydroxyl groups is 1. The van der Waals surface area contributed by atoms with Gasteiger partial charge in [-0.05, 0) is 17.7 Å². The molecule has 13 heteroatoms. The first-order valence-corrected chi connectivity index (χ1v) is 10.6. The number of halogens is 4. The molecule has 0 saturated carbocycles. The lowest BCUT2D eigenvalue weighted by Crippen LogP contribution is -2.43. The van der Waals surface area contributed by atoms with Crippen LogP contribution in [0.15, 0.2) is 53.1 Å². The van der Waals surface area contributed by atoms with Crippen molar-refractivity contribution in [1.82, 2.24) is 10.5 Å². The second-order valence-corrected chi connectivity index (χ2v) is 7.52. The Morgan fingerprint density at radius 3 is 2.33 bits per heavy atom. The van der Waals surface area contributed by atoms with Crippen LogP contribution in [0.1, 0.15) is 0 Å². The Morgan fingerprint density at radius 2 is 1.75 bits per heavy atom. The molecule has 4 rings (SSSR count). The SMILES string of the molecule is O=C(CF)Nc1ccc(-c2ccccc2)c(O)c1-c1cc(N2CCNCC2)no1.O=C(O)C(F)(F)F. The number of carbonyl (C=O) groups is 2. The van der Waals surface area contributed by atoms with Gasteiger partial charge in [0.1, 0.15) is 5.75 Å². The van der Waals surface area contributed by atoms with Crippen molar-refractivity contribution in [3.63, 3.8) is 0 Å². The smallest absolute Gasteiger partial charge is 0.490 e. The fourth-order valence-corrected chi connectivity index (χ4v) is 3.41. The van der Waals surface area contributed by atoms with Gasteiger partial charge in [-0.3, -0.25) is 4.79 Å². The largest absolute Gasteiger partial charge is 0.506 e. The second kappa shape index (κ2) is 11.5. The number of nitrogens with zero attached hydrogens (tertiary/aromatic N) is 2. The van der Waals surface area contributed by atoms with Gasteiger partial charge in [-0.1, -0.05) is 35.5 Å². The third-order valence-electron chi connectivity index (χ3n) is 5.09. The van der Waals surface area contributed by atoms with Crippen LogP contribution >= 0.6 is 0 Å². The number of hydrogen-bond donors (Lipinski definition) is 4. The third-order valence-corrected chi connectivity index (χ3v) is 5.09. The molecule has 2 heterocycles. The van der Waals surface area contributed by atoms with Gasteiger partial charge >= 0.3 is 12.1 Å². The van der Waals surface area contributed by atoms with Gasteiger partial charge < -0.3 is 30.3 Å². The first kappa shape index (κ1) is 26.5. The highest BCUT2D eigenvalue weighted by Crippen LogP contribution is 2.43. The third kappa shape index (κ3) is 6.50. The molecular weight excluding hydrogens is 488 g/mol. The molecule has 1 aliphatic rings. The molecule has 1 fully saturated rings. The molecule has 0 unspecified atom stereocenters. The van der Waals surface area contributed by atoms with Crippen LogP contribution in [0.2, 0.25) is 0 Å². The van der Waals surface area contributed by atoms with Gasteiger partial charge in [0, 0.05) is 37.8 Å². The first-order chi connectivity index (χ1) is 17.1. The number of carboxylic acids is 1. The van der Waals surface area contributed by atoms with E-state index in [0.29, 0.717) is 17.1 Å². The Hall–Kier alpha value is -4.13. The average Bonchev–Trinajstić information content (AvgIpc) is 3.35. The van der Waals surface area contributed by atoms with E-state index < -0.39 is 24.7 Å². The topological polar surface area (TPSA) is 128 Å². The number of carboxylic acid groups (broad SMARTS) is 1. The van der Waals surface area contributed by atoms with E-state index in [1.807, 2.05) is 30.3 Å². The van der Waals surface area contributed by atoms with Crippen LogP contribution < -0.4 is 15.5 Å². The Balaban J connectivity index is 0.000000454. The number of carbonyl (C=O) groups excluding carboxylic acids is 1. The number of alkyl halides is 4. The number of aliphatic carboxylic acids is 1. The maximum atomic E-state index is 12.8. The summed E-state index contributed by atoms with van der Waals surface area (Å²) in [6.45, 7) is 2.09. The maximum Gasteiger partial charge on any atom is 0.490 e. The van der Waals surface area contributed by atoms with E-state index in [4.69, 9.17) is 14.4 Å². The van der Waals surface area contributed by atoms with E-state index in [0.717, 1.165) is 31.7 Å². The molecule has 0 radical (unpaired) electrons. The zero-order valence-corrected chi connectivity index (χ0v) is 18.7. The number of nitrogens with one attached hydrogen (secondary N) is 2. The summed E-state index contributed by atoms with van der Waals surface area (Å²) in [5.74, 6) is -2.69. The number of phenols is 1. The fourth-order valence-electron chi connectivity index (χ4n) is 3.41. The van der Waals surface area contributed by atoms with Gasteiger partial charge in [-0.2, -0.15) is 13.2 Å². The molecule has 3 aromatic rings. The van der Waals surface area contributed by atoms with Crippen LogP contribution in [-0.2, 0) is 9.59 Å². The highest BCUT2D eigenvalue weighted by atomic mass is 19.4. The monoisotopic (exact) mass is 510 g/mol. The Labute approximate surface area is 202 Å². The summed E-state index contributed by atoms with van der Waals surface area (Å²) in [6, 6.07) is 14.4. The zero-order valence-electron chi connectivity index (χ0n) is 18.7. The van der Waals surface area contributed by atoms with E-state index in [1.54, 1.807) is 18.2 Å². The summed E-state index contributed by atoms with van der Waals surface area (Å²) in [5, 5.41) is 28.0. The molecule has 1 saturated heterocycles. The van der Waals surface area contributed by atoms with Crippen molar-refractivity contribution in [2.45, 2.75) is 6.18 Å². The quantitative estimate of drug-likeness (QED) is 0.383. The number of amides is 1. The maximum absolute atomic E-state index is 12.8. The van der Waals surface area contributed by atoms with E-state index in [-0.39, 0.29) is 17.0 Å². The van der Waals surface area contributed by atoms with Crippen LogP contribution in [0.5, 0.6) is 5.75 Å². The lowest BCUT2D eigenvalue weighted by Gasteiger charge is -2.26. The standard InChI is InChI=1S/C21H21FN4O3.C2HF3O2/c22-13-19(27)24-16-7-6-15(14-4-2-1-3-5-14)21(28)20(16)17-12-18(25-29-17)26-10-8-23-9-11-26;3-2(4,5)1(6)7/h1-7,12,23,28H,8-11,13H2,(H,24,27);(H,6,7). The van der Waals surface area contributed by atoms with Crippen molar-refractivity contribution in [3.8, 4) is 28.2 Å². The van der Waals surface area contributed by atoms with E-state index in [9.17, 15) is 27.5 Å². The molecule has 36 heavy (non-hydrogen) atoms. The van der Waals surface area contributed by atoms with Gasteiger partial charge in [0.05, 0.1) is 11.3 Å². The van der Waals surface area contributed by atoms with Crippen LogP contribution in [-0.4, -0.2) is 66.3 Å². The number of benzene rings is 2. The predicted octanol–water partition coefficient (Wildman–Crippen LogP) is 3.67. The summed E-state index contributed by atoms with van der Waals surface area (Å²) in [4.78, 5) is 22.6. The highest BCUT2D eigenvalue weighted by molar-refractivity contribution is 5.99. The number of anilines is 2. The number of piperazine rings is 1. The fraction of sp³-hybridized carbons (Fsp3) is 0.261. The molecule has 1 amide bonds. The van der Waals surface area contributed by atoms with Gasteiger partial charge in [0.2, 0.25) is 0 Å². The van der Waals surface area contributed by atoms with Crippen molar-refractivity contribution >= 4 is 23.4 Å². The molecule has 0 atom stereocenters. The minimum absolute atomic E-state index is 0.0733. The zero-order chi connectivity index (χ0) is 26.3. The van der Waals surface area contributed by atoms with E-state index >= 15 is 0 Å². The molecule has 2 aromatic carbocycles. The summed E-state index contributed by atoms with van der Waals surface area (Å²) >= 11 is 0. The molecule has 1 aromatic heterocycles. The average molecular weight is 510 g/mol. The van der Waals surface area contributed by atoms with Crippen molar-refractivity contribution in [2.75, 3.05) is 43.1 Å². The Bertz CT molecular complexity index is 1190. The summed E-state index contributed by atoms with van der Waals surface area (Å²) in [5.41, 5.74) is 1.89. The van der Waals surface area contributed by atoms with Crippen LogP contribution in [0.25, 0.3) is 22.5 Å². The van der Waals surface area contributed by atoms with Crippen molar-refractivity contribution in [1.29, 1.82) is 0 Å². The van der Waals surface area contributed by atoms with Crippen LogP contribution in [0.4, 0.5) is 29.1 Å². The number of aromatic nitrogens is 1. The lowest BCUT2D eigenvalue weighted by molar-refractivity contribution is -0.192. The van der Waals surface area contributed by atoms with Crippen LogP contribution in [0.3, 0.4) is 0 Å². The molecular formula is C23H22F4N4O5. The molecule has 1 aliphatic heterocycles. The predicted molar refractivity (Wildman–Crippen MR) is 122 cm³/mol. The van der Waals surface area contributed by atoms with Crippen molar-refractivity contribution in [2.24, 2.45) is 0 Å². The molecule has 0 aliphatic carbocycles. The van der Waals surface area contributed by atoms with Gasteiger partial charge in [0.15, 0.2) is 18.3 Å². The number of hydrogen-bond acceptors (Lipinski definition) is 7. The van der Waals surface area contributed by atoms with E-state index in [2.05, 4.69) is 20.7 Å². The lowest BCUT2D eigenvalue weighted by atomic mass is 9.98. The normalized spacial score (nSPS) is 13.5. The number of phenolic OH excluding ortho intramolecular Hbond substituents is 1. The van der Waals surface area contributed by atoms with Crippen molar-refractivity contribution < 1.29 is 41.9 Å². The molecule has 192 valence electrons. The summed E-state index contributed by atoms with van der Waals surface area (Å²) in [7, 11) is 0. The summed E-state index contributed by atoms with van der Waals surface area (Å²) in [6.07, 6.45) is -5.08. The molecule has 0 bridgehead atoms. The van der Waals surface area contributed by atoms with E-state index in [1.165, 1.54) is 0 Å². The number of rotatable bonds is 5. The van der Waals surface area contributed by atoms with Gasteiger partial charge in [0.25, 0.3) is 5.91 Å². The Morgan fingerprint density at radius 1 is 1.11 bits per heavy atom. The summed E-state index contributed by atoms with van der Waals surface area (Å²) < 4.78 is 50.0. The van der Waals surface area contributed by atoms with Gasteiger partial charge in [-0.15, -0.1) is 0 Å². The minimum Gasteiger partial charge on any atom is -0.506 e. The Kier molecular flexibility index (Phi) is 8.48.